The van der Waals surface area contributed by atoms with Gasteiger partial charge in [-0.05, 0) is 26.0 Å². The number of thiazole rings is 1. The number of aromatic nitrogens is 2. The minimum Gasteiger partial charge on any atom is -0.459 e. The predicted molar refractivity (Wildman–Crippen MR) is 81.6 cm³/mol. The van der Waals surface area contributed by atoms with Gasteiger partial charge in [-0.1, -0.05) is 5.16 Å². The van der Waals surface area contributed by atoms with Crippen molar-refractivity contribution < 1.29 is 13.7 Å². The predicted octanol–water partition coefficient (Wildman–Crippen LogP) is 3.28. The molecule has 0 aliphatic carbocycles. The molecule has 0 spiro atoms. The third-order valence-corrected chi connectivity index (χ3v) is 3.95. The fraction of sp³-hybridized carbons (Fsp3) is 0.267. The molecule has 3 rings (SSSR count). The molecule has 7 heteroatoms. The summed E-state index contributed by atoms with van der Waals surface area (Å²) in [5.41, 5.74) is 1.11. The molecule has 1 amide bonds. The molecule has 0 aliphatic heterocycles. The van der Waals surface area contributed by atoms with Crippen LogP contribution in [0.25, 0.3) is 10.8 Å². The highest BCUT2D eigenvalue weighted by molar-refractivity contribution is 7.13. The second kappa shape index (κ2) is 5.76. The maximum absolute atomic E-state index is 12.4. The summed E-state index contributed by atoms with van der Waals surface area (Å²) in [4.78, 5) is 18.3. The van der Waals surface area contributed by atoms with Gasteiger partial charge in [-0.3, -0.25) is 4.79 Å². The van der Waals surface area contributed by atoms with E-state index in [1.165, 1.54) is 11.3 Å². The van der Waals surface area contributed by atoms with Crippen LogP contribution in [0, 0.1) is 13.8 Å². The molecule has 0 saturated carbocycles. The van der Waals surface area contributed by atoms with E-state index in [1.807, 2.05) is 32.0 Å². The van der Waals surface area contributed by atoms with Crippen molar-refractivity contribution in [3.63, 3.8) is 0 Å². The van der Waals surface area contributed by atoms with Crippen LogP contribution in [0.2, 0.25) is 0 Å². The smallest absolute Gasteiger partial charge is 0.273 e. The van der Waals surface area contributed by atoms with Crippen LogP contribution in [0.1, 0.15) is 27.7 Å². The lowest BCUT2D eigenvalue weighted by Gasteiger charge is -2.13. The van der Waals surface area contributed by atoms with Crippen LogP contribution in [0.4, 0.5) is 0 Å². The number of furan rings is 1. The van der Waals surface area contributed by atoms with Crippen molar-refractivity contribution in [1.29, 1.82) is 0 Å². The molecule has 3 aromatic heterocycles. The molecular weight excluding hydrogens is 302 g/mol. The van der Waals surface area contributed by atoms with Crippen molar-refractivity contribution in [1.82, 2.24) is 15.0 Å². The van der Waals surface area contributed by atoms with Gasteiger partial charge in [-0.2, -0.15) is 0 Å². The molecule has 0 radical (unpaired) electrons. The first kappa shape index (κ1) is 14.5. The van der Waals surface area contributed by atoms with E-state index < -0.39 is 0 Å². The number of hydrogen-bond acceptors (Lipinski definition) is 6. The molecule has 3 aromatic rings. The van der Waals surface area contributed by atoms with Gasteiger partial charge < -0.3 is 13.8 Å². The van der Waals surface area contributed by atoms with Crippen molar-refractivity contribution in [3.8, 4) is 10.8 Å². The van der Waals surface area contributed by atoms with Gasteiger partial charge in [0.25, 0.3) is 5.91 Å². The number of carbonyl (C=O) groups excluding carboxylic acids is 1. The van der Waals surface area contributed by atoms with Crippen LogP contribution in [0.5, 0.6) is 0 Å². The summed E-state index contributed by atoms with van der Waals surface area (Å²) in [6.07, 6.45) is 0. The number of aryl methyl sites for hydroxylation is 2. The Labute approximate surface area is 131 Å². The molecule has 6 nitrogen and oxygen atoms in total. The van der Waals surface area contributed by atoms with Crippen LogP contribution in [-0.4, -0.2) is 28.0 Å². The standard InChI is InChI=1S/C15H15N3O3S/c1-9-4-5-13(20-9)14-16-12(8-22-14)15(19)18(3)7-11-6-10(2)21-17-11/h4-6,8H,7H2,1-3H3. The Morgan fingerprint density at radius 1 is 1.32 bits per heavy atom. The van der Waals surface area contributed by atoms with Crippen LogP contribution < -0.4 is 0 Å². The number of carbonyl (C=O) groups is 1. The highest BCUT2D eigenvalue weighted by Gasteiger charge is 2.18. The summed E-state index contributed by atoms with van der Waals surface area (Å²) < 4.78 is 10.5. The van der Waals surface area contributed by atoms with Crippen LogP contribution in [-0.2, 0) is 6.54 Å². The van der Waals surface area contributed by atoms with E-state index in [0.29, 0.717) is 28.7 Å². The third-order valence-electron chi connectivity index (χ3n) is 3.10. The van der Waals surface area contributed by atoms with E-state index in [9.17, 15) is 4.79 Å². The van der Waals surface area contributed by atoms with E-state index in [4.69, 9.17) is 8.94 Å². The molecule has 22 heavy (non-hydrogen) atoms. The van der Waals surface area contributed by atoms with Gasteiger partial charge in [0.1, 0.15) is 22.9 Å². The van der Waals surface area contributed by atoms with Gasteiger partial charge >= 0.3 is 0 Å². The first-order chi connectivity index (χ1) is 10.5. The number of hydrogen-bond donors (Lipinski definition) is 0. The Bertz CT molecular complexity index is 802. The molecule has 0 aliphatic rings. The lowest BCUT2D eigenvalue weighted by Crippen LogP contribution is -2.26. The van der Waals surface area contributed by atoms with Crippen LogP contribution >= 0.6 is 11.3 Å². The maximum atomic E-state index is 12.4. The molecule has 0 fully saturated rings. The van der Waals surface area contributed by atoms with Gasteiger partial charge in [0.2, 0.25) is 0 Å². The zero-order chi connectivity index (χ0) is 15.7. The number of amides is 1. The van der Waals surface area contributed by atoms with E-state index in [2.05, 4.69) is 10.1 Å². The lowest BCUT2D eigenvalue weighted by molar-refractivity contribution is 0.0777. The summed E-state index contributed by atoms with van der Waals surface area (Å²) in [6, 6.07) is 5.53. The number of nitrogens with zero attached hydrogens (tertiary/aromatic N) is 3. The SMILES string of the molecule is Cc1cc(CN(C)C(=O)c2csc(-c3ccc(C)o3)n2)no1. The Kier molecular flexibility index (Phi) is 3.81. The van der Waals surface area contributed by atoms with Crippen molar-refractivity contribution in [2.45, 2.75) is 20.4 Å². The summed E-state index contributed by atoms with van der Waals surface area (Å²) in [5.74, 6) is 2.05. The molecule has 0 atom stereocenters. The molecular formula is C15H15N3O3S. The van der Waals surface area contributed by atoms with Crippen molar-refractivity contribution in [2.75, 3.05) is 7.05 Å². The zero-order valence-corrected chi connectivity index (χ0v) is 13.3. The Morgan fingerprint density at radius 2 is 2.14 bits per heavy atom. The topological polar surface area (TPSA) is 72.4 Å². The Balaban J connectivity index is 1.73. The molecule has 114 valence electrons. The molecule has 3 heterocycles. The second-order valence-corrected chi connectivity index (χ2v) is 5.90. The van der Waals surface area contributed by atoms with Gasteiger partial charge in [0, 0.05) is 18.5 Å². The van der Waals surface area contributed by atoms with Crippen molar-refractivity contribution in [2.24, 2.45) is 0 Å². The summed E-state index contributed by atoms with van der Waals surface area (Å²) in [6.45, 7) is 4.07. The molecule has 0 N–H and O–H groups in total. The van der Waals surface area contributed by atoms with E-state index >= 15 is 0 Å². The second-order valence-electron chi connectivity index (χ2n) is 5.04. The lowest BCUT2D eigenvalue weighted by atomic mass is 10.3. The first-order valence-electron chi connectivity index (χ1n) is 6.73. The fourth-order valence-corrected chi connectivity index (χ4v) is 2.79. The summed E-state index contributed by atoms with van der Waals surface area (Å²) >= 11 is 1.39. The monoisotopic (exact) mass is 317 g/mol. The molecule has 0 saturated heterocycles. The Morgan fingerprint density at radius 3 is 2.77 bits per heavy atom. The van der Waals surface area contributed by atoms with Crippen molar-refractivity contribution in [3.05, 3.63) is 46.5 Å². The van der Waals surface area contributed by atoms with Gasteiger partial charge in [-0.15, -0.1) is 11.3 Å². The van der Waals surface area contributed by atoms with Crippen LogP contribution in [0.3, 0.4) is 0 Å². The highest BCUT2D eigenvalue weighted by Crippen LogP contribution is 2.26. The molecule has 0 aromatic carbocycles. The third kappa shape index (κ3) is 2.94. The Hall–Kier alpha value is -2.41. The van der Waals surface area contributed by atoms with E-state index in [-0.39, 0.29) is 5.91 Å². The largest absolute Gasteiger partial charge is 0.459 e. The minimum atomic E-state index is -0.161. The normalized spacial score (nSPS) is 10.9. The fourth-order valence-electron chi connectivity index (χ4n) is 2.04. The zero-order valence-electron chi connectivity index (χ0n) is 12.5. The molecule has 0 unspecified atom stereocenters. The summed E-state index contributed by atoms with van der Waals surface area (Å²) in [7, 11) is 1.71. The van der Waals surface area contributed by atoms with Gasteiger partial charge in [0.15, 0.2) is 10.8 Å². The average molecular weight is 317 g/mol. The summed E-state index contributed by atoms with van der Waals surface area (Å²) in [5, 5.41) is 6.32. The van der Waals surface area contributed by atoms with Crippen LogP contribution in [0.15, 0.2) is 32.5 Å². The maximum Gasteiger partial charge on any atom is 0.273 e. The van der Waals surface area contributed by atoms with E-state index in [1.54, 1.807) is 17.3 Å². The van der Waals surface area contributed by atoms with Gasteiger partial charge in [-0.25, -0.2) is 4.98 Å². The minimum absolute atomic E-state index is 0.161. The first-order valence-corrected chi connectivity index (χ1v) is 7.61. The quantitative estimate of drug-likeness (QED) is 0.738. The molecule has 0 bridgehead atoms. The van der Waals surface area contributed by atoms with Crippen molar-refractivity contribution >= 4 is 17.2 Å². The van der Waals surface area contributed by atoms with Gasteiger partial charge in [0.05, 0.1) is 6.54 Å². The highest BCUT2D eigenvalue weighted by atomic mass is 32.1. The average Bonchev–Trinajstić information content (AvgIpc) is 3.19. The van der Waals surface area contributed by atoms with E-state index in [0.717, 1.165) is 11.5 Å². The number of rotatable bonds is 4.